The third kappa shape index (κ3) is 5.72. The van der Waals surface area contributed by atoms with Gasteiger partial charge in [0.25, 0.3) is 0 Å². The van der Waals surface area contributed by atoms with E-state index in [4.69, 9.17) is 9.47 Å². The molecule has 1 amide bonds. The Morgan fingerprint density at radius 1 is 1.12 bits per heavy atom. The molecule has 0 unspecified atom stereocenters. The molecule has 1 saturated heterocycles. The summed E-state index contributed by atoms with van der Waals surface area (Å²) < 4.78 is 52.9. The minimum absolute atomic E-state index is 0.206. The molecule has 3 aromatic rings. The average Bonchev–Trinajstić information content (AvgIpc) is 3.44. The van der Waals surface area contributed by atoms with Gasteiger partial charge in [-0.15, -0.1) is 6.58 Å². The first-order valence-corrected chi connectivity index (χ1v) is 17.2. The van der Waals surface area contributed by atoms with E-state index < -0.39 is 40.9 Å². The largest absolute Gasteiger partial charge is 0.483 e. The molecule has 0 radical (unpaired) electrons. The summed E-state index contributed by atoms with van der Waals surface area (Å²) in [6, 6.07) is 17.9. The molecule has 1 spiro atoms. The van der Waals surface area contributed by atoms with Gasteiger partial charge in [-0.25, -0.2) is 0 Å². The van der Waals surface area contributed by atoms with Crippen molar-refractivity contribution in [3.8, 4) is 11.5 Å². The van der Waals surface area contributed by atoms with Crippen LogP contribution in [-0.2, 0) is 34.0 Å². The maximum atomic E-state index is 14.3. The highest BCUT2D eigenvalue weighted by Crippen LogP contribution is 2.66. The van der Waals surface area contributed by atoms with Gasteiger partial charge in [0.15, 0.2) is 11.5 Å². The van der Waals surface area contributed by atoms with Gasteiger partial charge >= 0.3 is 12.1 Å². The van der Waals surface area contributed by atoms with Crippen LogP contribution in [0.25, 0.3) is 6.08 Å². The van der Waals surface area contributed by atoms with Gasteiger partial charge in [0.05, 0.1) is 22.6 Å². The smallest absolute Gasteiger partial charge is 0.416 e. The number of halogens is 3. The van der Waals surface area contributed by atoms with Crippen molar-refractivity contribution in [1.29, 1.82) is 0 Å². The Hall–Kier alpha value is -4.41. The summed E-state index contributed by atoms with van der Waals surface area (Å²) in [6.07, 6.45) is 2.82. The van der Waals surface area contributed by atoms with Crippen molar-refractivity contribution in [2.45, 2.75) is 80.8 Å². The van der Waals surface area contributed by atoms with Gasteiger partial charge in [-0.1, -0.05) is 54.6 Å². The minimum atomic E-state index is -4.51. The van der Waals surface area contributed by atoms with Crippen molar-refractivity contribution in [3.05, 3.63) is 113 Å². The van der Waals surface area contributed by atoms with E-state index in [0.717, 1.165) is 35.2 Å². The standard InChI is InChI=1S/C40H41F3N2O5/c1-3-21-44-23-20-38-35-29-15-16-32(49-26(2)46)36(35)50-37(38)31(18-19-39(38,48)33(44)25-29)45(22-8-12-27-9-5-4-6-10-27)34(47)17-14-28-11-7-13-30(24-28)40(41,42)43/h3-7,9-11,13-17,24,31,33,37,48H,1,8,12,18-23,25H2,2H3/t31-,33+,37-,38-,39+/m0/s1. The van der Waals surface area contributed by atoms with Gasteiger partial charge in [-0.05, 0) is 86.0 Å². The number of hydrogen-bond donors (Lipinski definition) is 1. The van der Waals surface area contributed by atoms with Crippen LogP contribution in [0.3, 0.4) is 0 Å². The number of carbonyl (C=O) groups excluding carboxylic acids is 2. The fraction of sp³-hybridized carbons (Fsp3) is 0.400. The first-order chi connectivity index (χ1) is 24.0. The maximum Gasteiger partial charge on any atom is 0.416 e. The van der Waals surface area contributed by atoms with Crippen LogP contribution in [0.1, 0.15) is 60.4 Å². The van der Waals surface area contributed by atoms with Crippen LogP contribution in [0.2, 0.25) is 0 Å². The number of esters is 1. The Morgan fingerprint density at radius 2 is 1.92 bits per heavy atom. The van der Waals surface area contributed by atoms with E-state index in [1.165, 1.54) is 31.2 Å². The Morgan fingerprint density at radius 3 is 2.66 bits per heavy atom. The normalized spacial score (nSPS) is 26.6. The number of aryl methyl sites for hydroxylation is 1. The highest BCUT2D eigenvalue weighted by Gasteiger charge is 2.73. The maximum absolute atomic E-state index is 14.3. The first kappa shape index (κ1) is 34.1. The average molecular weight is 687 g/mol. The van der Waals surface area contributed by atoms with Crippen molar-refractivity contribution < 1.29 is 37.3 Å². The van der Waals surface area contributed by atoms with Gasteiger partial charge in [-0.2, -0.15) is 13.2 Å². The Bertz CT molecular complexity index is 1830. The van der Waals surface area contributed by atoms with Crippen molar-refractivity contribution >= 4 is 18.0 Å². The summed E-state index contributed by atoms with van der Waals surface area (Å²) in [6.45, 7) is 6.95. The predicted molar refractivity (Wildman–Crippen MR) is 183 cm³/mol. The number of rotatable bonds is 10. The van der Waals surface area contributed by atoms with Crippen LogP contribution in [0, 0.1) is 0 Å². The molecule has 2 aliphatic heterocycles. The Labute approximate surface area is 290 Å². The second kappa shape index (κ2) is 13.0. The lowest BCUT2D eigenvalue weighted by Gasteiger charge is -2.64. The number of amides is 1. The molecule has 1 N–H and O–H groups in total. The number of hydrogen-bond acceptors (Lipinski definition) is 6. The lowest BCUT2D eigenvalue weighted by atomic mass is 9.48. The van der Waals surface area contributed by atoms with Crippen molar-refractivity contribution in [2.75, 3.05) is 19.6 Å². The van der Waals surface area contributed by atoms with Gasteiger partial charge in [0.1, 0.15) is 6.10 Å². The monoisotopic (exact) mass is 686 g/mol. The fourth-order valence-corrected chi connectivity index (χ4v) is 9.15. The molecular weight excluding hydrogens is 645 g/mol. The molecule has 10 heteroatoms. The van der Waals surface area contributed by atoms with Crippen LogP contribution in [0.15, 0.2) is 85.5 Å². The van der Waals surface area contributed by atoms with Gasteiger partial charge in [-0.3, -0.25) is 14.5 Å². The third-order valence-corrected chi connectivity index (χ3v) is 11.2. The number of nitrogens with zero attached hydrogens (tertiary/aromatic N) is 2. The minimum Gasteiger partial charge on any atom is -0.483 e. The van der Waals surface area contributed by atoms with Gasteiger partial charge in [0, 0.05) is 37.7 Å². The van der Waals surface area contributed by atoms with Crippen LogP contribution in [0.4, 0.5) is 13.2 Å². The zero-order chi connectivity index (χ0) is 35.3. The molecule has 4 aliphatic rings. The number of benzene rings is 3. The summed E-state index contributed by atoms with van der Waals surface area (Å²) >= 11 is 0. The number of alkyl halides is 3. The van der Waals surface area contributed by atoms with E-state index in [1.54, 1.807) is 11.0 Å². The SMILES string of the molecule is C=CCN1CC[C@]23c4c5ccc(OC(C)=O)c4O[C@H]2[C@@H](N(CCCc2ccccc2)C(=O)C=Cc2cccc(C(F)(F)F)c2)CC[C@@]3(O)[C@H]1C5. The molecule has 5 atom stereocenters. The molecule has 2 heterocycles. The van der Waals surface area contributed by atoms with E-state index in [9.17, 15) is 27.9 Å². The number of ether oxygens (including phenoxy) is 2. The quantitative estimate of drug-likeness (QED) is 0.113. The molecule has 2 fully saturated rings. The molecule has 1 saturated carbocycles. The van der Waals surface area contributed by atoms with Gasteiger partial charge < -0.3 is 19.5 Å². The Balaban J connectivity index is 1.28. The lowest BCUT2D eigenvalue weighted by Crippen LogP contribution is -2.78. The number of likely N-dealkylation sites (tertiary alicyclic amines) is 1. The summed E-state index contributed by atoms with van der Waals surface area (Å²) in [4.78, 5) is 30.5. The molecular formula is C40H41F3N2O5. The van der Waals surface area contributed by atoms with Crippen LogP contribution >= 0.6 is 0 Å². The first-order valence-electron chi connectivity index (χ1n) is 17.2. The molecule has 2 aliphatic carbocycles. The molecule has 0 aromatic heterocycles. The van der Waals surface area contributed by atoms with Gasteiger partial charge in [0.2, 0.25) is 5.91 Å². The number of aliphatic hydroxyl groups is 1. The van der Waals surface area contributed by atoms with E-state index >= 15 is 0 Å². The topological polar surface area (TPSA) is 79.3 Å². The van der Waals surface area contributed by atoms with E-state index in [2.05, 4.69) is 11.5 Å². The zero-order valence-electron chi connectivity index (χ0n) is 28.0. The van der Waals surface area contributed by atoms with Crippen molar-refractivity contribution in [3.63, 3.8) is 0 Å². The molecule has 3 aromatic carbocycles. The van der Waals surface area contributed by atoms with E-state index in [1.807, 2.05) is 42.5 Å². The summed E-state index contributed by atoms with van der Waals surface area (Å²) in [7, 11) is 0. The van der Waals surface area contributed by atoms with Crippen LogP contribution < -0.4 is 9.47 Å². The summed E-state index contributed by atoms with van der Waals surface area (Å²) in [5, 5.41) is 12.9. The summed E-state index contributed by atoms with van der Waals surface area (Å²) in [5.41, 5.74) is 0.423. The molecule has 7 rings (SSSR count). The predicted octanol–water partition coefficient (Wildman–Crippen LogP) is 6.51. The molecule has 50 heavy (non-hydrogen) atoms. The molecule has 2 bridgehead atoms. The fourth-order valence-electron chi connectivity index (χ4n) is 9.15. The van der Waals surface area contributed by atoms with E-state index in [-0.39, 0.29) is 17.5 Å². The second-order valence-electron chi connectivity index (χ2n) is 13.9. The number of piperidine rings is 1. The number of carbonyl (C=O) groups is 2. The third-order valence-electron chi connectivity index (χ3n) is 11.2. The Kier molecular flexibility index (Phi) is 8.89. The second-order valence-corrected chi connectivity index (χ2v) is 13.9. The summed E-state index contributed by atoms with van der Waals surface area (Å²) in [5.74, 6) is -0.103. The molecule has 262 valence electrons. The van der Waals surface area contributed by atoms with Crippen molar-refractivity contribution in [1.82, 2.24) is 9.80 Å². The highest BCUT2D eigenvalue weighted by atomic mass is 19.4. The lowest BCUT2D eigenvalue weighted by molar-refractivity contribution is -0.199. The highest BCUT2D eigenvalue weighted by molar-refractivity contribution is 5.92. The zero-order valence-corrected chi connectivity index (χ0v) is 28.0. The molecule has 7 nitrogen and oxygen atoms in total. The van der Waals surface area contributed by atoms with Crippen LogP contribution in [0.5, 0.6) is 11.5 Å². The van der Waals surface area contributed by atoms with Crippen LogP contribution in [-0.4, -0.2) is 70.2 Å². The van der Waals surface area contributed by atoms with Crippen molar-refractivity contribution in [2.24, 2.45) is 0 Å². The van der Waals surface area contributed by atoms with E-state index in [0.29, 0.717) is 63.2 Å².